The average Bonchev–Trinajstić information content (AvgIpc) is 2.47. The topological polar surface area (TPSA) is 61.6 Å². The van der Waals surface area contributed by atoms with Crippen molar-refractivity contribution < 1.29 is 4.79 Å². The zero-order valence-electron chi connectivity index (χ0n) is 12.5. The third-order valence-corrected chi connectivity index (χ3v) is 3.99. The molecule has 0 aliphatic carbocycles. The van der Waals surface area contributed by atoms with Crippen molar-refractivity contribution in [3.05, 3.63) is 23.8 Å². The third kappa shape index (κ3) is 3.04. The van der Waals surface area contributed by atoms with Crippen molar-refractivity contribution >= 4 is 17.3 Å². The number of carbonyl (C=O) groups is 1. The smallest absolute Gasteiger partial charge is 0.251 e. The van der Waals surface area contributed by atoms with E-state index < -0.39 is 0 Å². The highest BCUT2D eigenvalue weighted by Gasteiger charge is 2.23. The molecule has 1 atom stereocenters. The van der Waals surface area contributed by atoms with Gasteiger partial charge in [0.2, 0.25) is 0 Å². The second kappa shape index (κ2) is 6.13. The lowest BCUT2D eigenvalue weighted by Crippen LogP contribution is -2.45. The highest BCUT2D eigenvalue weighted by atomic mass is 16.1. The zero-order valence-corrected chi connectivity index (χ0v) is 12.5. The van der Waals surface area contributed by atoms with E-state index in [2.05, 4.69) is 29.2 Å². The monoisotopic (exact) mass is 276 g/mol. The van der Waals surface area contributed by atoms with Crippen LogP contribution in [0.3, 0.4) is 0 Å². The summed E-state index contributed by atoms with van der Waals surface area (Å²) in [5.41, 5.74) is 8.46. The molecule has 0 radical (unpaired) electrons. The van der Waals surface area contributed by atoms with Crippen molar-refractivity contribution in [3.8, 4) is 0 Å². The summed E-state index contributed by atoms with van der Waals surface area (Å²) in [4.78, 5) is 16.3. The Morgan fingerprint density at radius 3 is 2.85 bits per heavy atom. The molecule has 0 saturated carbocycles. The van der Waals surface area contributed by atoms with Crippen LogP contribution in [0.15, 0.2) is 18.2 Å². The molecule has 1 aliphatic rings. The second-order valence-corrected chi connectivity index (χ2v) is 5.56. The molecule has 1 aromatic carbocycles. The molecule has 110 valence electrons. The van der Waals surface area contributed by atoms with Gasteiger partial charge in [-0.1, -0.05) is 0 Å². The maximum atomic E-state index is 11.8. The number of nitrogens with zero attached hydrogens (tertiary/aromatic N) is 2. The van der Waals surface area contributed by atoms with E-state index in [-0.39, 0.29) is 5.91 Å². The van der Waals surface area contributed by atoms with Crippen LogP contribution in [0.25, 0.3) is 0 Å². The first-order valence-corrected chi connectivity index (χ1v) is 7.06. The van der Waals surface area contributed by atoms with Crippen LogP contribution >= 0.6 is 0 Å². The Morgan fingerprint density at radius 2 is 2.20 bits per heavy atom. The summed E-state index contributed by atoms with van der Waals surface area (Å²) in [6.45, 7) is 1.94. The molecule has 1 heterocycles. The average molecular weight is 276 g/mol. The summed E-state index contributed by atoms with van der Waals surface area (Å²) >= 11 is 0. The lowest BCUT2D eigenvalue weighted by atomic mass is 10.0. The van der Waals surface area contributed by atoms with Gasteiger partial charge in [-0.25, -0.2) is 0 Å². The Kier molecular flexibility index (Phi) is 4.49. The fourth-order valence-corrected chi connectivity index (χ4v) is 2.70. The minimum Gasteiger partial charge on any atom is -0.397 e. The SMILES string of the molecule is CNC(=O)c1ccc(N)c(N2CCCC(N(C)C)C2)c1. The molecule has 0 bridgehead atoms. The van der Waals surface area contributed by atoms with E-state index in [1.54, 1.807) is 13.1 Å². The van der Waals surface area contributed by atoms with Crippen LogP contribution in [0, 0.1) is 0 Å². The van der Waals surface area contributed by atoms with E-state index in [9.17, 15) is 4.79 Å². The lowest BCUT2D eigenvalue weighted by Gasteiger charge is -2.38. The van der Waals surface area contributed by atoms with Gasteiger partial charge < -0.3 is 20.9 Å². The fraction of sp³-hybridized carbons (Fsp3) is 0.533. The summed E-state index contributed by atoms with van der Waals surface area (Å²) in [5, 5.41) is 2.65. The molecule has 2 rings (SSSR count). The molecule has 1 amide bonds. The molecule has 1 aliphatic heterocycles. The highest BCUT2D eigenvalue weighted by molar-refractivity contribution is 5.96. The fourth-order valence-electron chi connectivity index (χ4n) is 2.70. The van der Waals surface area contributed by atoms with Crippen molar-refractivity contribution in [1.82, 2.24) is 10.2 Å². The van der Waals surface area contributed by atoms with Crippen molar-refractivity contribution in [2.45, 2.75) is 18.9 Å². The molecule has 1 saturated heterocycles. The Hall–Kier alpha value is -1.75. The first-order valence-electron chi connectivity index (χ1n) is 7.06. The van der Waals surface area contributed by atoms with Gasteiger partial charge in [0, 0.05) is 31.7 Å². The van der Waals surface area contributed by atoms with E-state index >= 15 is 0 Å². The maximum Gasteiger partial charge on any atom is 0.251 e. The first kappa shape index (κ1) is 14.7. The van der Waals surface area contributed by atoms with Gasteiger partial charge in [-0.05, 0) is 45.1 Å². The number of hydrogen-bond donors (Lipinski definition) is 2. The van der Waals surface area contributed by atoms with Gasteiger partial charge in [0.15, 0.2) is 0 Å². The van der Waals surface area contributed by atoms with Gasteiger partial charge >= 0.3 is 0 Å². The van der Waals surface area contributed by atoms with Crippen LogP contribution in [-0.2, 0) is 0 Å². The first-order chi connectivity index (χ1) is 9.52. The number of anilines is 2. The maximum absolute atomic E-state index is 11.8. The van der Waals surface area contributed by atoms with Crippen molar-refractivity contribution in [1.29, 1.82) is 0 Å². The van der Waals surface area contributed by atoms with Gasteiger partial charge in [-0.3, -0.25) is 4.79 Å². The number of carbonyl (C=O) groups excluding carboxylic acids is 1. The zero-order chi connectivity index (χ0) is 14.7. The van der Waals surface area contributed by atoms with Gasteiger partial charge in [-0.2, -0.15) is 0 Å². The summed E-state index contributed by atoms with van der Waals surface area (Å²) in [6.07, 6.45) is 2.35. The van der Waals surface area contributed by atoms with E-state index in [1.165, 1.54) is 6.42 Å². The lowest BCUT2D eigenvalue weighted by molar-refractivity contribution is 0.0963. The minimum atomic E-state index is -0.0765. The Bertz CT molecular complexity index is 487. The summed E-state index contributed by atoms with van der Waals surface area (Å²) in [6, 6.07) is 6.02. The molecule has 0 spiro atoms. The largest absolute Gasteiger partial charge is 0.397 e. The summed E-state index contributed by atoms with van der Waals surface area (Å²) in [5.74, 6) is -0.0765. The predicted octanol–water partition coefficient (Wildman–Crippen LogP) is 1.16. The minimum absolute atomic E-state index is 0.0765. The second-order valence-electron chi connectivity index (χ2n) is 5.56. The standard InChI is InChI=1S/C15H24N4O/c1-17-15(20)11-6-7-13(16)14(9-11)19-8-4-5-12(10-19)18(2)3/h6-7,9,12H,4-5,8,10,16H2,1-3H3,(H,17,20). The van der Waals surface area contributed by atoms with Crippen LogP contribution in [0.4, 0.5) is 11.4 Å². The molecular weight excluding hydrogens is 252 g/mol. The molecule has 20 heavy (non-hydrogen) atoms. The number of hydrogen-bond acceptors (Lipinski definition) is 4. The van der Waals surface area contributed by atoms with Crippen LogP contribution in [0.2, 0.25) is 0 Å². The number of nitrogens with two attached hydrogens (primary N) is 1. The van der Waals surface area contributed by atoms with Crippen molar-refractivity contribution in [2.75, 3.05) is 44.9 Å². The van der Waals surface area contributed by atoms with Gasteiger partial charge in [0.05, 0.1) is 11.4 Å². The molecular formula is C15H24N4O. The number of benzene rings is 1. The molecule has 1 aromatic rings. The molecule has 3 N–H and O–H groups in total. The van der Waals surface area contributed by atoms with E-state index in [0.717, 1.165) is 30.9 Å². The number of nitrogen functional groups attached to an aromatic ring is 1. The molecule has 5 nitrogen and oxygen atoms in total. The number of nitrogens with one attached hydrogen (secondary N) is 1. The van der Waals surface area contributed by atoms with Crippen molar-refractivity contribution in [2.24, 2.45) is 0 Å². The van der Waals surface area contributed by atoms with Crippen molar-refractivity contribution in [3.63, 3.8) is 0 Å². The number of rotatable bonds is 3. The van der Waals surface area contributed by atoms with E-state index in [0.29, 0.717) is 11.6 Å². The van der Waals surface area contributed by atoms with Crippen LogP contribution in [0.5, 0.6) is 0 Å². The third-order valence-electron chi connectivity index (χ3n) is 3.99. The van der Waals surface area contributed by atoms with E-state index in [4.69, 9.17) is 5.73 Å². The molecule has 1 unspecified atom stereocenters. The van der Waals surface area contributed by atoms with Gasteiger partial charge in [0.25, 0.3) is 5.91 Å². The van der Waals surface area contributed by atoms with Gasteiger partial charge in [0.1, 0.15) is 0 Å². The number of piperidine rings is 1. The Labute approximate surface area is 120 Å². The van der Waals surface area contributed by atoms with Gasteiger partial charge in [-0.15, -0.1) is 0 Å². The summed E-state index contributed by atoms with van der Waals surface area (Å²) in [7, 11) is 5.86. The molecule has 5 heteroatoms. The van der Waals surface area contributed by atoms with E-state index in [1.807, 2.05) is 12.1 Å². The Morgan fingerprint density at radius 1 is 1.45 bits per heavy atom. The Balaban J connectivity index is 2.24. The molecule has 1 fully saturated rings. The normalized spacial score (nSPS) is 19.2. The highest BCUT2D eigenvalue weighted by Crippen LogP contribution is 2.28. The quantitative estimate of drug-likeness (QED) is 0.813. The summed E-state index contributed by atoms with van der Waals surface area (Å²) < 4.78 is 0. The van der Waals surface area contributed by atoms with Crippen LogP contribution in [-0.4, -0.2) is 51.1 Å². The number of amides is 1. The predicted molar refractivity (Wildman–Crippen MR) is 83.2 cm³/mol. The number of likely N-dealkylation sites (N-methyl/N-ethyl adjacent to an activating group) is 1. The molecule has 0 aromatic heterocycles. The van der Waals surface area contributed by atoms with Crippen LogP contribution < -0.4 is 16.0 Å². The van der Waals surface area contributed by atoms with Crippen LogP contribution in [0.1, 0.15) is 23.2 Å².